The van der Waals surface area contributed by atoms with Crippen LogP contribution in [-0.2, 0) is 11.2 Å². The van der Waals surface area contributed by atoms with Crippen molar-refractivity contribution < 1.29 is 9.53 Å². The Balaban J connectivity index is 2.31. The van der Waals surface area contributed by atoms with Gasteiger partial charge in [0.05, 0.1) is 6.42 Å². The van der Waals surface area contributed by atoms with E-state index >= 15 is 0 Å². The Hall–Kier alpha value is -1.51. The first-order valence-corrected chi connectivity index (χ1v) is 6.72. The van der Waals surface area contributed by atoms with Crippen LogP contribution < -0.4 is 4.74 Å². The molecule has 0 aliphatic carbocycles. The lowest BCUT2D eigenvalue weighted by atomic mass is 9.91. The van der Waals surface area contributed by atoms with Gasteiger partial charge in [-0.05, 0) is 44.4 Å². The summed E-state index contributed by atoms with van der Waals surface area (Å²) < 4.78 is 6.16. The maximum atomic E-state index is 11.9. The Bertz CT molecular complexity index is 534. The van der Waals surface area contributed by atoms with Crippen molar-refractivity contribution in [2.24, 2.45) is 0 Å². The number of fused-ring (bicyclic) bond motifs is 1. The molecule has 0 radical (unpaired) electrons. The zero-order chi connectivity index (χ0) is 14.4. The smallest absolute Gasteiger partial charge is 0.226 e. The van der Waals surface area contributed by atoms with Crippen molar-refractivity contribution in [3.8, 4) is 5.75 Å². The zero-order valence-corrected chi connectivity index (χ0v) is 12.8. The van der Waals surface area contributed by atoms with Crippen molar-refractivity contribution in [2.45, 2.75) is 46.1 Å². The fraction of sp³-hybridized carbons (Fsp3) is 0.562. The van der Waals surface area contributed by atoms with Crippen molar-refractivity contribution in [2.75, 3.05) is 14.1 Å². The van der Waals surface area contributed by atoms with Gasteiger partial charge >= 0.3 is 0 Å². The molecule has 1 aromatic rings. The molecule has 1 aliphatic rings. The van der Waals surface area contributed by atoms with Gasteiger partial charge in [-0.1, -0.05) is 6.07 Å². The van der Waals surface area contributed by atoms with Crippen LogP contribution in [0, 0.1) is 20.8 Å². The highest BCUT2D eigenvalue weighted by molar-refractivity contribution is 5.77. The monoisotopic (exact) mass is 261 g/mol. The molecule has 0 spiro atoms. The quantitative estimate of drug-likeness (QED) is 0.819. The number of carbonyl (C=O) groups excluding carboxylic acids is 1. The molecule has 1 aromatic carbocycles. The fourth-order valence-electron chi connectivity index (χ4n) is 2.70. The number of amides is 1. The van der Waals surface area contributed by atoms with Crippen LogP contribution in [0.25, 0.3) is 0 Å². The van der Waals surface area contributed by atoms with E-state index in [2.05, 4.69) is 26.8 Å². The lowest BCUT2D eigenvalue weighted by molar-refractivity contribution is -0.132. The Morgan fingerprint density at radius 2 is 1.95 bits per heavy atom. The molecule has 1 atom stereocenters. The van der Waals surface area contributed by atoms with Crippen LogP contribution in [-0.4, -0.2) is 30.5 Å². The van der Waals surface area contributed by atoms with E-state index < -0.39 is 5.60 Å². The highest BCUT2D eigenvalue weighted by Crippen LogP contribution is 2.42. The SMILES string of the molecule is Cc1cc(C)c2c(c1C)O[C@](C)(CC(=O)N(C)C)C2. The average Bonchev–Trinajstić information content (AvgIpc) is 2.64. The minimum Gasteiger partial charge on any atom is -0.486 e. The molecular formula is C16H23NO2. The van der Waals surface area contributed by atoms with Crippen LogP contribution in [0.1, 0.15) is 35.6 Å². The van der Waals surface area contributed by atoms with E-state index in [0.29, 0.717) is 6.42 Å². The van der Waals surface area contributed by atoms with Gasteiger partial charge in [0.2, 0.25) is 5.91 Å². The highest BCUT2D eigenvalue weighted by Gasteiger charge is 2.39. The number of carbonyl (C=O) groups is 1. The molecule has 104 valence electrons. The fourth-order valence-corrected chi connectivity index (χ4v) is 2.70. The summed E-state index contributed by atoms with van der Waals surface area (Å²) in [4.78, 5) is 13.6. The average molecular weight is 261 g/mol. The van der Waals surface area contributed by atoms with Gasteiger partial charge in [0.15, 0.2) is 0 Å². The molecule has 1 heterocycles. The van der Waals surface area contributed by atoms with E-state index in [1.54, 1.807) is 19.0 Å². The third-order valence-corrected chi connectivity index (χ3v) is 4.04. The molecule has 0 fully saturated rings. The van der Waals surface area contributed by atoms with E-state index in [4.69, 9.17) is 4.74 Å². The van der Waals surface area contributed by atoms with Gasteiger partial charge in [-0.25, -0.2) is 0 Å². The summed E-state index contributed by atoms with van der Waals surface area (Å²) in [6.07, 6.45) is 1.24. The number of hydrogen-bond acceptors (Lipinski definition) is 2. The first-order chi connectivity index (χ1) is 8.73. The predicted molar refractivity (Wildman–Crippen MR) is 76.7 cm³/mol. The van der Waals surface area contributed by atoms with Crippen molar-refractivity contribution in [3.05, 3.63) is 28.3 Å². The van der Waals surface area contributed by atoms with Crippen LogP contribution in [0.4, 0.5) is 0 Å². The summed E-state index contributed by atoms with van der Waals surface area (Å²) in [7, 11) is 3.57. The molecule has 0 aromatic heterocycles. The summed E-state index contributed by atoms with van der Waals surface area (Å²) in [5, 5.41) is 0. The van der Waals surface area contributed by atoms with Gasteiger partial charge in [-0.2, -0.15) is 0 Å². The lowest BCUT2D eigenvalue weighted by Crippen LogP contribution is -2.37. The Kier molecular flexibility index (Phi) is 3.33. The van der Waals surface area contributed by atoms with Gasteiger partial charge in [0, 0.05) is 26.1 Å². The number of ether oxygens (including phenoxy) is 1. The lowest BCUT2D eigenvalue weighted by Gasteiger charge is -2.25. The Morgan fingerprint density at radius 3 is 2.53 bits per heavy atom. The van der Waals surface area contributed by atoms with Crippen molar-refractivity contribution in [1.29, 1.82) is 0 Å². The van der Waals surface area contributed by atoms with Gasteiger partial charge in [0.25, 0.3) is 0 Å². The second-order valence-corrected chi connectivity index (χ2v) is 6.14. The van der Waals surface area contributed by atoms with Gasteiger partial charge in [0.1, 0.15) is 11.4 Å². The Morgan fingerprint density at radius 1 is 1.32 bits per heavy atom. The van der Waals surface area contributed by atoms with Crippen LogP contribution in [0.5, 0.6) is 5.75 Å². The van der Waals surface area contributed by atoms with E-state index in [-0.39, 0.29) is 5.91 Å². The standard InChI is InChI=1S/C16H23NO2/c1-10-7-11(2)13-8-16(4,9-14(18)17(5)6)19-15(13)12(10)3/h7H,8-9H2,1-6H3/t16-/m0/s1. The summed E-state index contributed by atoms with van der Waals surface area (Å²) in [5.74, 6) is 1.11. The summed E-state index contributed by atoms with van der Waals surface area (Å²) >= 11 is 0. The first-order valence-electron chi connectivity index (χ1n) is 6.72. The Labute approximate surface area is 115 Å². The largest absolute Gasteiger partial charge is 0.486 e. The third-order valence-electron chi connectivity index (χ3n) is 4.04. The van der Waals surface area contributed by atoms with E-state index in [0.717, 1.165) is 12.2 Å². The molecule has 3 nitrogen and oxygen atoms in total. The van der Waals surface area contributed by atoms with E-state index in [9.17, 15) is 4.79 Å². The number of nitrogens with zero attached hydrogens (tertiary/aromatic N) is 1. The van der Waals surface area contributed by atoms with Crippen molar-refractivity contribution in [3.63, 3.8) is 0 Å². The molecule has 0 saturated heterocycles. The molecule has 0 unspecified atom stereocenters. The molecule has 0 N–H and O–H groups in total. The van der Waals surface area contributed by atoms with E-state index in [1.165, 1.54) is 22.3 Å². The van der Waals surface area contributed by atoms with Crippen LogP contribution >= 0.6 is 0 Å². The van der Waals surface area contributed by atoms with Crippen LogP contribution in [0.15, 0.2) is 6.07 Å². The number of benzene rings is 1. The highest BCUT2D eigenvalue weighted by atomic mass is 16.5. The van der Waals surface area contributed by atoms with Crippen molar-refractivity contribution in [1.82, 2.24) is 4.90 Å². The third kappa shape index (κ3) is 2.46. The van der Waals surface area contributed by atoms with Crippen LogP contribution in [0.2, 0.25) is 0 Å². The van der Waals surface area contributed by atoms with Crippen molar-refractivity contribution >= 4 is 5.91 Å². The normalized spacial score (nSPS) is 20.9. The maximum absolute atomic E-state index is 11.9. The molecule has 19 heavy (non-hydrogen) atoms. The number of aryl methyl sites for hydroxylation is 2. The summed E-state index contributed by atoms with van der Waals surface area (Å²) in [6.45, 7) is 8.34. The molecular weight excluding hydrogens is 238 g/mol. The number of hydrogen-bond donors (Lipinski definition) is 0. The topological polar surface area (TPSA) is 29.5 Å². The molecule has 2 rings (SSSR count). The minimum atomic E-state index is -0.410. The number of rotatable bonds is 2. The first kappa shape index (κ1) is 13.9. The molecule has 1 amide bonds. The molecule has 1 aliphatic heterocycles. The second-order valence-electron chi connectivity index (χ2n) is 6.14. The summed E-state index contributed by atoms with van der Waals surface area (Å²) in [6, 6.07) is 2.21. The van der Waals surface area contributed by atoms with Gasteiger partial charge in [-0.15, -0.1) is 0 Å². The van der Waals surface area contributed by atoms with Gasteiger partial charge in [-0.3, -0.25) is 4.79 Å². The predicted octanol–water partition coefficient (Wildman–Crippen LogP) is 2.78. The summed E-state index contributed by atoms with van der Waals surface area (Å²) in [5.41, 5.74) is 4.56. The van der Waals surface area contributed by atoms with Gasteiger partial charge < -0.3 is 9.64 Å². The molecule has 0 saturated carbocycles. The second kappa shape index (κ2) is 4.55. The maximum Gasteiger partial charge on any atom is 0.226 e. The minimum absolute atomic E-state index is 0.113. The molecule has 0 bridgehead atoms. The van der Waals surface area contributed by atoms with E-state index in [1.807, 2.05) is 6.92 Å². The molecule has 3 heteroatoms. The zero-order valence-electron chi connectivity index (χ0n) is 12.8. The van der Waals surface area contributed by atoms with Crippen LogP contribution in [0.3, 0.4) is 0 Å².